The average molecular weight is 287 g/mol. The Balaban J connectivity index is 1.61. The molecular weight excluding hydrogens is 266 g/mol. The van der Waals surface area contributed by atoms with Gasteiger partial charge in [0.15, 0.2) is 0 Å². The van der Waals surface area contributed by atoms with Gasteiger partial charge in [-0.25, -0.2) is 4.98 Å². The fraction of sp³-hybridized carbons (Fsp3) is 0.533. The number of imidazole rings is 1. The first-order chi connectivity index (χ1) is 10.2. The van der Waals surface area contributed by atoms with Gasteiger partial charge >= 0.3 is 0 Å². The lowest BCUT2D eigenvalue weighted by molar-refractivity contribution is 0.0758. The molecule has 21 heavy (non-hydrogen) atoms. The van der Waals surface area contributed by atoms with Crippen LogP contribution in [0.2, 0.25) is 0 Å². The number of nitrogens with one attached hydrogen (secondary N) is 1. The van der Waals surface area contributed by atoms with Gasteiger partial charge in [-0.05, 0) is 24.8 Å². The molecular formula is C15H21N5O. The SMILES string of the molecule is CCc1cc(C(=O)N(C)CC2CCn3ccnc3C2)n[nH]1. The van der Waals surface area contributed by atoms with E-state index in [9.17, 15) is 4.79 Å². The van der Waals surface area contributed by atoms with Gasteiger partial charge in [0, 0.05) is 44.6 Å². The molecule has 0 bridgehead atoms. The van der Waals surface area contributed by atoms with E-state index in [4.69, 9.17) is 0 Å². The summed E-state index contributed by atoms with van der Waals surface area (Å²) < 4.78 is 2.19. The summed E-state index contributed by atoms with van der Waals surface area (Å²) in [4.78, 5) is 18.5. The summed E-state index contributed by atoms with van der Waals surface area (Å²) in [6, 6.07) is 1.84. The molecule has 0 saturated carbocycles. The molecule has 1 amide bonds. The van der Waals surface area contributed by atoms with E-state index in [0.717, 1.165) is 43.9 Å². The van der Waals surface area contributed by atoms with Gasteiger partial charge in [-0.2, -0.15) is 5.10 Å². The number of nitrogens with zero attached hydrogens (tertiary/aromatic N) is 4. The zero-order valence-electron chi connectivity index (χ0n) is 12.5. The maximum Gasteiger partial charge on any atom is 0.274 e. The van der Waals surface area contributed by atoms with Gasteiger partial charge in [-0.15, -0.1) is 0 Å². The number of hydrogen-bond acceptors (Lipinski definition) is 3. The van der Waals surface area contributed by atoms with Crippen molar-refractivity contribution in [3.05, 3.63) is 35.7 Å². The minimum atomic E-state index is -0.0140. The van der Waals surface area contributed by atoms with Gasteiger partial charge in [-0.3, -0.25) is 9.89 Å². The molecule has 0 radical (unpaired) electrons. The van der Waals surface area contributed by atoms with Gasteiger partial charge in [0.2, 0.25) is 0 Å². The van der Waals surface area contributed by atoms with Crippen LogP contribution in [0.15, 0.2) is 18.5 Å². The van der Waals surface area contributed by atoms with Crippen molar-refractivity contribution in [3.8, 4) is 0 Å². The van der Waals surface area contributed by atoms with Crippen molar-refractivity contribution in [1.82, 2.24) is 24.6 Å². The highest BCUT2D eigenvalue weighted by molar-refractivity contribution is 5.92. The molecule has 0 spiro atoms. The fourth-order valence-electron chi connectivity index (χ4n) is 2.89. The lowest BCUT2D eigenvalue weighted by Crippen LogP contribution is -2.35. The van der Waals surface area contributed by atoms with Crippen LogP contribution in [0, 0.1) is 5.92 Å². The molecule has 1 aliphatic heterocycles. The van der Waals surface area contributed by atoms with E-state index in [2.05, 4.69) is 19.7 Å². The first-order valence-corrected chi connectivity index (χ1v) is 7.47. The van der Waals surface area contributed by atoms with E-state index in [-0.39, 0.29) is 5.91 Å². The Kier molecular flexibility index (Phi) is 3.77. The van der Waals surface area contributed by atoms with Crippen LogP contribution >= 0.6 is 0 Å². The Morgan fingerprint density at radius 3 is 3.19 bits per heavy atom. The lowest BCUT2D eigenvalue weighted by Gasteiger charge is -2.27. The molecule has 1 N–H and O–H groups in total. The Labute approximate surface area is 124 Å². The van der Waals surface area contributed by atoms with Crippen LogP contribution in [-0.4, -0.2) is 44.1 Å². The van der Waals surface area contributed by atoms with Gasteiger partial charge in [0.25, 0.3) is 5.91 Å². The second kappa shape index (κ2) is 5.71. The largest absolute Gasteiger partial charge is 0.340 e. The smallest absolute Gasteiger partial charge is 0.274 e. The highest BCUT2D eigenvalue weighted by Crippen LogP contribution is 2.20. The monoisotopic (exact) mass is 287 g/mol. The number of aromatic amines is 1. The molecule has 0 aliphatic carbocycles. The molecule has 3 heterocycles. The van der Waals surface area contributed by atoms with Gasteiger partial charge in [-0.1, -0.05) is 6.92 Å². The molecule has 2 aromatic rings. The number of aromatic nitrogens is 4. The van der Waals surface area contributed by atoms with Crippen molar-refractivity contribution >= 4 is 5.91 Å². The number of hydrogen-bond donors (Lipinski definition) is 1. The summed E-state index contributed by atoms with van der Waals surface area (Å²) in [6.07, 6.45) is 6.75. The lowest BCUT2D eigenvalue weighted by atomic mass is 9.97. The van der Waals surface area contributed by atoms with Crippen LogP contribution < -0.4 is 0 Å². The normalized spacial score (nSPS) is 17.5. The van der Waals surface area contributed by atoms with E-state index in [1.807, 2.05) is 32.4 Å². The number of H-pyrrole nitrogens is 1. The molecule has 3 rings (SSSR count). The van der Waals surface area contributed by atoms with Crippen LogP contribution in [0.1, 0.15) is 35.4 Å². The van der Waals surface area contributed by atoms with Crippen molar-refractivity contribution in [3.63, 3.8) is 0 Å². The quantitative estimate of drug-likeness (QED) is 0.926. The molecule has 0 fully saturated rings. The molecule has 112 valence electrons. The summed E-state index contributed by atoms with van der Waals surface area (Å²) in [6.45, 7) is 3.78. The maximum absolute atomic E-state index is 12.4. The third-order valence-corrected chi connectivity index (χ3v) is 4.16. The maximum atomic E-state index is 12.4. The third-order valence-electron chi connectivity index (χ3n) is 4.16. The van der Waals surface area contributed by atoms with E-state index in [1.165, 1.54) is 0 Å². The number of aryl methyl sites for hydroxylation is 2. The van der Waals surface area contributed by atoms with Crippen LogP contribution in [0.5, 0.6) is 0 Å². The van der Waals surface area contributed by atoms with Crippen LogP contribution in [0.4, 0.5) is 0 Å². The first kappa shape index (κ1) is 13.9. The first-order valence-electron chi connectivity index (χ1n) is 7.47. The van der Waals surface area contributed by atoms with Crippen molar-refractivity contribution in [1.29, 1.82) is 0 Å². The van der Waals surface area contributed by atoms with E-state index in [1.54, 1.807) is 4.90 Å². The summed E-state index contributed by atoms with van der Waals surface area (Å²) in [5, 5.41) is 6.99. The second-order valence-electron chi connectivity index (χ2n) is 5.71. The molecule has 0 saturated heterocycles. The summed E-state index contributed by atoms with van der Waals surface area (Å²) in [5.74, 6) is 1.58. The predicted molar refractivity (Wildman–Crippen MR) is 79.0 cm³/mol. The minimum Gasteiger partial charge on any atom is -0.340 e. The standard InChI is InChI=1S/C15H21N5O/c1-3-12-9-13(18-17-12)15(21)19(2)10-11-4-6-20-7-5-16-14(20)8-11/h5,7,9,11H,3-4,6,8,10H2,1-2H3,(H,17,18). The summed E-state index contributed by atoms with van der Waals surface area (Å²) in [7, 11) is 1.85. The molecule has 6 heteroatoms. The number of rotatable bonds is 4. The fourth-order valence-corrected chi connectivity index (χ4v) is 2.89. The molecule has 1 aliphatic rings. The zero-order chi connectivity index (χ0) is 14.8. The summed E-state index contributed by atoms with van der Waals surface area (Å²) in [5.41, 5.74) is 1.50. The van der Waals surface area contributed by atoms with E-state index in [0.29, 0.717) is 11.6 Å². The van der Waals surface area contributed by atoms with Crippen molar-refractivity contribution in [2.24, 2.45) is 5.92 Å². The predicted octanol–water partition coefficient (Wildman–Crippen LogP) is 1.50. The molecule has 2 aromatic heterocycles. The van der Waals surface area contributed by atoms with Crippen LogP contribution in [-0.2, 0) is 19.4 Å². The highest BCUT2D eigenvalue weighted by Gasteiger charge is 2.23. The minimum absolute atomic E-state index is 0.0140. The van der Waals surface area contributed by atoms with Crippen molar-refractivity contribution in [2.45, 2.75) is 32.7 Å². The van der Waals surface area contributed by atoms with Gasteiger partial charge in [0.1, 0.15) is 11.5 Å². The van der Waals surface area contributed by atoms with Crippen molar-refractivity contribution < 1.29 is 4.79 Å². The summed E-state index contributed by atoms with van der Waals surface area (Å²) >= 11 is 0. The number of fused-ring (bicyclic) bond motifs is 1. The Hall–Kier alpha value is -2.11. The Bertz CT molecular complexity index is 630. The third kappa shape index (κ3) is 2.84. The van der Waals surface area contributed by atoms with E-state index >= 15 is 0 Å². The zero-order valence-corrected chi connectivity index (χ0v) is 12.5. The Morgan fingerprint density at radius 1 is 1.57 bits per heavy atom. The molecule has 1 unspecified atom stereocenters. The average Bonchev–Trinajstić information content (AvgIpc) is 3.14. The van der Waals surface area contributed by atoms with Crippen LogP contribution in [0.3, 0.4) is 0 Å². The van der Waals surface area contributed by atoms with Gasteiger partial charge in [0.05, 0.1) is 0 Å². The second-order valence-corrected chi connectivity index (χ2v) is 5.71. The van der Waals surface area contributed by atoms with Crippen LogP contribution in [0.25, 0.3) is 0 Å². The number of carbonyl (C=O) groups excluding carboxylic acids is 1. The number of amides is 1. The molecule has 6 nitrogen and oxygen atoms in total. The van der Waals surface area contributed by atoms with Gasteiger partial charge < -0.3 is 9.47 Å². The number of carbonyl (C=O) groups is 1. The Morgan fingerprint density at radius 2 is 2.43 bits per heavy atom. The highest BCUT2D eigenvalue weighted by atomic mass is 16.2. The molecule has 1 atom stereocenters. The van der Waals surface area contributed by atoms with E-state index < -0.39 is 0 Å². The molecule has 0 aromatic carbocycles. The topological polar surface area (TPSA) is 66.8 Å². The van der Waals surface area contributed by atoms with Crippen molar-refractivity contribution in [2.75, 3.05) is 13.6 Å².